The van der Waals surface area contributed by atoms with Crippen LogP contribution in [0.4, 0.5) is 10.8 Å². The number of ether oxygens (including phenoxy) is 2. The Balaban J connectivity index is 1.75. The number of carbonyl (C=O) groups is 1. The molecule has 2 aromatic carbocycles. The number of nitriles is 1. The van der Waals surface area contributed by atoms with Crippen LogP contribution in [0.3, 0.4) is 0 Å². The predicted octanol–water partition coefficient (Wildman–Crippen LogP) is 3.76. The van der Waals surface area contributed by atoms with Crippen molar-refractivity contribution in [1.82, 2.24) is 9.36 Å². The van der Waals surface area contributed by atoms with Gasteiger partial charge in [-0.05, 0) is 48.4 Å². The fourth-order valence-corrected chi connectivity index (χ4v) is 4.46. The Kier molecular flexibility index (Phi) is 8.88. The van der Waals surface area contributed by atoms with Crippen LogP contribution in [-0.4, -0.2) is 41.0 Å². The van der Waals surface area contributed by atoms with E-state index in [0.29, 0.717) is 40.8 Å². The number of benzene rings is 2. The van der Waals surface area contributed by atoms with Gasteiger partial charge in [0.15, 0.2) is 11.5 Å². The average molecular weight is 544 g/mol. The molecular formula is C23H21N5O7S2. The molecule has 0 saturated heterocycles. The number of non-ortho nitro benzene ring substituents is 1. The summed E-state index contributed by atoms with van der Waals surface area (Å²) in [6.07, 6.45) is 1.34. The Hall–Kier alpha value is -4.35. The molecule has 0 fully saturated rings. The lowest BCUT2D eigenvalue weighted by atomic mass is 10.1. The van der Waals surface area contributed by atoms with Gasteiger partial charge in [0.05, 0.1) is 17.3 Å². The zero-order chi connectivity index (χ0) is 27.0. The summed E-state index contributed by atoms with van der Waals surface area (Å²) in [7, 11) is -3.63. The van der Waals surface area contributed by atoms with Gasteiger partial charge in [0.1, 0.15) is 18.2 Å². The number of nitrogens with zero attached hydrogens (tertiary/aromatic N) is 4. The number of nitro benzene ring substituents is 1. The summed E-state index contributed by atoms with van der Waals surface area (Å²) in [6, 6.07) is 12.6. The maximum atomic E-state index is 12.6. The highest BCUT2D eigenvalue weighted by Gasteiger charge is 2.20. The quantitative estimate of drug-likeness (QED) is 0.162. The lowest BCUT2D eigenvalue weighted by Crippen LogP contribution is -2.13. The van der Waals surface area contributed by atoms with Gasteiger partial charge in [-0.3, -0.25) is 20.2 Å². The van der Waals surface area contributed by atoms with E-state index in [9.17, 15) is 28.6 Å². The lowest BCUT2D eigenvalue weighted by Gasteiger charge is -2.13. The molecule has 3 aromatic rings. The van der Waals surface area contributed by atoms with Gasteiger partial charge in [0.2, 0.25) is 15.0 Å². The van der Waals surface area contributed by atoms with Crippen molar-refractivity contribution in [2.24, 2.45) is 0 Å². The number of carbonyl (C=O) groups excluding carboxylic acids is 1. The number of anilines is 1. The molecule has 1 amide bonds. The van der Waals surface area contributed by atoms with Gasteiger partial charge in [-0.15, -0.1) is 0 Å². The van der Waals surface area contributed by atoms with E-state index in [1.54, 1.807) is 37.3 Å². The summed E-state index contributed by atoms with van der Waals surface area (Å²) in [6.45, 7) is 3.70. The van der Waals surface area contributed by atoms with Crippen molar-refractivity contribution in [3.05, 3.63) is 69.3 Å². The summed E-state index contributed by atoms with van der Waals surface area (Å²) in [5.41, 5.74) is 0.915. The molecule has 3 rings (SSSR count). The Morgan fingerprint density at radius 3 is 2.54 bits per heavy atom. The topological polar surface area (TPSA) is 174 Å². The number of nitrogens with one attached hydrogen (secondary N) is 1. The van der Waals surface area contributed by atoms with Crippen LogP contribution < -0.4 is 14.8 Å². The Morgan fingerprint density at radius 1 is 1.19 bits per heavy atom. The van der Waals surface area contributed by atoms with Crippen molar-refractivity contribution in [3.8, 4) is 17.6 Å². The first-order valence-corrected chi connectivity index (χ1v) is 13.2. The fourth-order valence-electron chi connectivity index (χ4n) is 2.87. The molecule has 14 heteroatoms. The largest absolute Gasteiger partial charge is 0.490 e. The standard InChI is InChI=1S/C23H21N5O7S2/c1-3-34-20-12-16(7-10-19(20)35-14-15-5-8-18(9-6-15)28(30)31)11-17(13-24)21(29)25-22-26-23(27-36-22)37(32,33)4-2/h5-12H,3-4,14H2,1-2H3,(H,25,26,27,29). The number of nitro groups is 1. The number of aromatic nitrogens is 2. The smallest absolute Gasteiger partial charge is 0.269 e. The highest BCUT2D eigenvalue weighted by atomic mass is 32.2. The minimum atomic E-state index is -3.63. The SMILES string of the molecule is CCOc1cc(C=C(C#N)C(=O)Nc2nc(S(=O)(=O)CC)ns2)ccc1OCc1ccc([N+](=O)[O-])cc1. The van der Waals surface area contributed by atoms with Crippen molar-refractivity contribution in [1.29, 1.82) is 5.26 Å². The first-order chi connectivity index (χ1) is 17.7. The van der Waals surface area contributed by atoms with Crippen molar-refractivity contribution < 1.29 is 27.6 Å². The molecule has 0 atom stereocenters. The molecule has 0 saturated carbocycles. The van der Waals surface area contributed by atoms with Crippen LogP contribution in [0.2, 0.25) is 0 Å². The summed E-state index contributed by atoms with van der Waals surface area (Å²) in [5, 5.41) is 22.2. The monoisotopic (exact) mass is 543 g/mol. The predicted molar refractivity (Wildman–Crippen MR) is 135 cm³/mol. The van der Waals surface area contributed by atoms with Crippen LogP contribution in [0.1, 0.15) is 25.0 Å². The van der Waals surface area contributed by atoms with Gasteiger partial charge in [-0.25, -0.2) is 8.42 Å². The van der Waals surface area contributed by atoms with Crippen molar-refractivity contribution in [2.45, 2.75) is 25.6 Å². The van der Waals surface area contributed by atoms with E-state index in [-0.39, 0.29) is 33.9 Å². The minimum Gasteiger partial charge on any atom is -0.490 e. The second-order valence-corrected chi connectivity index (χ2v) is 10.2. The summed E-state index contributed by atoms with van der Waals surface area (Å²) in [5.74, 6) is -0.195. The number of hydrogen-bond acceptors (Lipinski definition) is 11. The first-order valence-electron chi connectivity index (χ1n) is 10.8. The third-order valence-corrected chi connectivity index (χ3v) is 7.02. The normalized spacial score (nSPS) is 11.4. The number of rotatable bonds is 11. The van der Waals surface area contributed by atoms with Crippen LogP contribution in [0.15, 0.2) is 53.2 Å². The van der Waals surface area contributed by atoms with Crippen LogP contribution in [0.25, 0.3) is 6.08 Å². The average Bonchev–Trinajstić information content (AvgIpc) is 3.36. The van der Waals surface area contributed by atoms with E-state index in [1.165, 1.54) is 25.1 Å². The van der Waals surface area contributed by atoms with E-state index in [4.69, 9.17) is 9.47 Å². The molecular weight excluding hydrogens is 522 g/mol. The van der Waals surface area contributed by atoms with Crippen molar-refractivity contribution in [2.75, 3.05) is 17.7 Å². The highest BCUT2D eigenvalue weighted by molar-refractivity contribution is 7.91. The van der Waals surface area contributed by atoms with Gasteiger partial charge in [-0.1, -0.05) is 13.0 Å². The minimum absolute atomic E-state index is 0.0233. The maximum absolute atomic E-state index is 12.6. The molecule has 0 aliphatic rings. The van der Waals surface area contributed by atoms with Crippen molar-refractivity contribution in [3.63, 3.8) is 0 Å². The molecule has 1 aromatic heterocycles. The van der Waals surface area contributed by atoms with Crippen LogP contribution in [-0.2, 0) is 21.2 Å². The van der Waals surface area contributed by atoms with Crippen molar-refractivity contribution >= 4 is 44.2 Å². The molecule has 0 radical (unpaired) electrons. The van der Waals surface area contributed by atoms with E-state index < -0.39 is 20.7 Å². The molecule has 0 unspecified atom stereocenters. The lowest BCUT2D eigenvalue weighted by molar-refractivity contribution is -0.384. The van der Waals surface area contributed by atoms with Gasteiger partial charge >= 0.3 is 0 Å². The molecule has 0 aliphatic heterocycles. The van der Waals surface area contributed by atoms with Crippen LogP contribution >= 0.6 is 11.5 Å². The van der Waals surface area contributed by atoms with Gasteiger partial charge in [-0.2, -0.15) is 14.6 Å². The number of sulfone groups is 1. The molecule has 192 valence electrons. The Morgan fingerprint density at radius 2 is 1.92 bits per heavy atom. The molecule has 37 heavy (non-hydrogen) atoms. The van der Waals surface area contributed by atoms with Crippen LogP contribution in [0.5, 0.6) is 11.5 Å². The van der Waals surface area contributed by atoms with E-state index in [0.717, 1.165) is 0 Å². The molecule has 0 bridgehead atoms. The van der Waals surface area contributed by atoms with E-state index in [1.807, 2.05) is 6.07 Å². The molecule has 12 nitrogen and oxygen atoms in total. The van der Waals surface area contributed by atoms with Gasteiger partial charge in [0, 0.05) is 23.7 Å². The van der Waals surface area contributed by atoms with Gasteiger partial charge in [0.25, 0.3) is 16.8 Å². The molecule has 0 aliphatic carbocycles. The summed E-state index contributed by atoms with van der Waals surface area (Å²) in [4.78, 5) is 26.7. The molecule has 0 spiro atoms. The first kappa shape index (κ1) is 27.2. The van der Waals surface area contributed by atoms with E-state index in [2.05, 4.69) is 14.7 Å². The second kappa shape index (κ2) is 12.1. The zero-order valence-electron chi connectivity index (χ0n) is 19.7. The van der Waals surface area contributed by atoms with Gasteiger partial charge < -0.3 is 9.47 Å². The molecule has 1 N–H and O–H groups in total. The zero-order valence-corrected chi connectivity index (χ0v) is 21.3. The Labute approximate surface area is 216 Å². The Bertz CT molecular complexity index is 1480. The fraction of sp³-hybridized carbons (Fsp3) is 0.217. The highest BCUT2D eigenvalue weighted by Crippen LogP contribution is 2.30. The molecule has 1 heterocycles. The third kappa shape index (κ3) is 7.09. The van der Waals surface area contributed by atoms with E-state index >= 15 is 0 Å². The summed E-state index contributed by atoms with van der Waals surface area (Å²) < 4.78 is 38.9. The van der Waals surface area contributed by atoms with Crippen LogP contribution in [0, 0.1) is 21.4 Å². The summed E-state index contributed by atoms with van der Waals surface area (Å²) >= 11 is 0.692. The number of amides is 1. The maximum Gasteiger partial charge on any atom is 0.269 e. The second-order valence-electron chi connectivity index (χ2n) is 7.26. The third-order valence-electron chi connectivity index (χ3n) is 4.77. The number of hydrogen-bond donors (Lipinski definition) is 1.